The van der Waals surface area contributed by atoms with E-state index in [-0.39, 0.29) is 11.3 Å². The molecule has 1 amide bonds. The second-order valence-corrected chi connectivity index (χ2v) is 5.38. The van der Waals surface area contributed by atoms with Gasteiger partial charge in [0.25, 0.3) is 5.91 Å². The van der Waals surface area contributed by atoms with E-state index in [1.807, 2.05) is 6.07 Å². The molecule has 0 radical (unpaired) electrons. The standard InChI is InChI=1S/C14H16ClN3O/c15-12-4-2-1-3-11(12)9-18-14(19)13-6-5-10(7-16)8-17-13/h5-6,8,11-12H,1-4,9H2,(H,18,19). The second kappa shape index (κ2) is 6.53. The summed E-state index contributed by atoms with van der Waals surface area (Å²) >= 11 is 6.25. The molecule has 1 aliphatic carbocycles. The molecule has 1 aliphatic rings. The summed E-state index contributed by atoms with van der Waals surface area (Å²) in [5.74, 6) is 0.136. The highest BCUT2D eigenvalue weighted by Crippen LogP contribution is 2.27. The van der Waals surface area contributed by atoms with Gasteiger partial charge in [0.1, 0.15) is 11.8 Å². The predicted octanol–water partition coefficient (Wildman–Crippen LogP) is 2.48. The van der Waals surface area contributed by atoms with Crippen molar-refractivity contribution in [3.63, 3.8) is 0 Å². The minimum absolute atomic E-state index is 0.156. The minimum Gasteiger partial charge on any atom is -0.350 e. The van der Waals surface area contributed by atoms with Gasteiger partial charge in [0.05, 0.1) is 5.56 Å². The molecule has 2 atom stereocenters. The number of carbonyl (C=O) groups excluding carboxylic acids is 1. The van der Waals surface area contributed by atoms with Crippen molar-refractivity contribution in [1.29, 1.82) is 5.26 Å². The van der Waals surface area contributed by atoms with Gasteiger partial charge in [-0.15, -0.1) is 11.6 Å². The van der Waals surface area contributed by atoms with Gasteiger partial charge in [-0.3, -0.25) is 4.79 Å². The summed E-state index contributed by atoms with van der Waals surface area (Å²) in [5, 5.41) is 11.7. The minimum atomic E-state index is -0.209. The molecule has 1 N–H and O–H groups in total. The van der Waals surface area contributed by atoms with Gasteiger partial charge in [-0.25, -0.2) is 4.98 Å². The molecular weight excluding hydrogens is 262 g/mol. The second-order valence-electron chi connectivity index (χ2n) is 4.81. The third kappa shape index (κ3) is 3.68. The first-order valence-electron chi connectivity index (χ1n) is 6.49. The van der Waals surface area contributed by atoms with Gasteiger partial charge in [0.15, 0.2) is 0 Å². The first-order valence-corrected chi connectivity index (χ1v) is 6.93. The maximum absolute atomic E-state index is 11.9. The van der Waals surface area contributed by atoms with Crippen LogP contribution in [-0.4, -0.2) is 22.8 Å². The molecule has 4 nitrogen and oxygen atoms in total. The van der Waals surface area contributed by atoms with Crippen molar-refractivity contribution in [3.8, 4) is 6.07 Å². The zero-order valence-electron chi connectivity index (χ0n) is 10.6. The van der Waals surface area contributed by atoms with E-state index in [4.69, 9.17) is 16.9 Å². The molecule has 0 aliphatic heterocycles. The maximum atomic E-state index is 11.9. The molecule has 5 heteroatoms. The molecule has 1 aromatic rings. The van der Waals surface area contributed by atoms with Gasteiger partial charge in [0.2, 0.25) is 0 Å². The van der Waals surface area contributed by atoms with Crippen molar-refractivity contribution >= 4 is 17.5 Å². The molecule has 2 rings (SSSR count). The molecular formula is C14H16ClN3O. The Balaban J connectivity index is 1.88. The summed E-state index contributed by atoms with van der Waals surface area (Å²) in [7, 11) is 0. The van der Waals surface area contributed by atoms with Crippen molar-refractivity contribution in [3.05, 3.63) is 29.6 Å². The molecule has 1 fully saturated rings. The molecule has 0 spiro atoms. The predicted molar refractivity (Wildman–Crippen MR) is 72.9 cm³/mol. The highest BCUT2D eigenvalue weighted by atomic mass is 35.5. The van der Waals surface area contributed by atoms with Crippen LogP contribution in [-0.2, 0) is 0 Å². The van der Waals surface area contributed by atoms with E-state index in [2.05, 4.69) is 10.3 Å². The van der Waals surface area contributed by atoms with Gasteiger partial charge >= 0.3 is 0 Å². The van der Waals surface area contributed by atoms with E-state index >= 15 is 0 Å². The van der Waals surface area contributed by atoms with Crippen LogP contribution in [0.25, 0.3) is 0 Å². The number of hydrogen-bond acceptors (Lipinski definition) is 3. The molecule has 0 bridgehead atoms. The van der Waals surface area contributed by atoms with Crippen molar-refractivity contribution in [2.45, 2.75) is 31.1 Å². The van der Waals surface area contributed by atoms with Gasteiger partial charge < -0.3 is 5.32 Å². The Kier molecular flexibility index (Phi) is 4.75. The Labute approximate surface area is 117 Å². The summed E-state index contributed by atoms with van der Waals surface area (Å²) in [6.07, 6.45) is 5.85. The van der Waals surface area contributed by atoms with Crippen LogP contribution in [0.15, 0.2) is 18.3 Å². The van der Waals surface area contributed by atoms with Gasteiger partial charge in [-0.1, -0.05) is 12.8 Å². The van der Waals surface area contributed by atoms with Gasteiger partial charge in [-0.2, -0.15) is 5.26 Å². The maximum Gasteiger partial charge on any atom is 0.269 e. The van der Waals surface area contributed by atoms with Crippen LogP contribution in [0, 0.1) is 17.2 Å². The third-order valence-electron chi connectivity index (χ3n) is 3.47. The highest BCUT2D eigenvalue weighted by molar-refractivity contribution is 6.20. The number of nitriles is 1. The number of amides is 1. The lowest BCUT2D eigenvalue weighted by Gasteiger charge is -2.26. The van der Waals surface area contributed by atoms with E-state index in [0.29, 0.717) is 23.7 Å². The fourth-order valence-electron chi connectivity index (χ4n) is 2.30. The number of rotatable bonds is 3. The Hall–Kier alpha value is -1.60. The highest BCUT2D eigenvalue weighted by Gasteiger charge is 2.23. The normalized spacial score (nSPS) is 22.5. The lowest BCUT2D eigenvalue weighted by atomic mass is 9.89. The number of carbonyl (C=O) groups is 1. The molecule has 2 unspecified atom stereocenters. The lowest BCUT2D eigenvalue weighted by Crippen LogP contribution is -2.35. The van der Waals surface area contributed by atoms with E-state index < -0.39 is 0 Å². The molecule has 0 saturated heterocycles. The first kappa shape index (κ1) is 13.8. The summed E-state index contributed by atoms with van der Waals surface area (Å²) in [6.45, 7) is 0.592. The van der Waals surface area contributed by atoms with Crippen LogP contribution in [0.3, 0.4) is 0 Å². The fraction of sp³-hybridized carbons (Fsp3) is 0.500. The van der Waals surface area contributed by atoms with Crippen LogP contribution in [0.2, 0.25) is 0 Å². The van der Waals surface area contributed by atoms with Crippen LogP contribution < -0.4 is 5.32 Å². The van der Waals surface area contributed by atoms with Crippen LogP contribution >= 0.6 is 11.6 Å². The molecule has 100 valence electrons. The number of nitrogens with zero attached hydrogens (tertiary/aromatic N) is 2. The molecule has 0 aromatic carbocycles. The topological polar surface area (TPSA) is 65.8 Å². The Morgan fingerprint density at radius 1 is 1.47 bits per heavy atom. The van der Waals surface area contributed by atoms with Crippen molar-refractivity contribution in [2.75, 3.05) is 6.54 Å². The average Bonchev–Trinajstić information content (AvgIpc) is 2.46. The number of nitrogens with one attached hydrogen (secondary N) is 1. The van der Waals surface area contributed by atoms with Gasteiger partial charge in [0, 0.05) is 18.1 Å². The summed E-state index contributed by atoms with van der Waals surface area (Å²) in [4.78, 5) is 15.9. The lowest BCUT2D eigenvalue weighted by molar-refractivity contribution is 0.0939. The van der Waals surface area contributed by atoms with E-state index in [1.165, 1.54) is 19.0 Å². The quantitative estimate of drug-likeness (QED) is 0.863. The fourth-order valence-corrected chi connectivity index (χ4v) is 2.67. The number of aromatic nitrogens is 1. The Morgan fingerprint density at radius 2 is 2.26 bits per heavy atom. The van der Waals surface area contributed by atoms with E-state index in [0.717, 1.165) is 12.8 Å². The zero-order chi connectivity index (χ0) is 13.7. The number of halogens is 1. The number of pyridine rings is 1. The monoisotopic (exact) mass is 277 g/mol. The molecule has 1 aromatic heterocycles. The van der Waals surface area contributed by atoms with Crippen molar-refractivity contribution in [2.24, 2.45) is 5.92 Å². The van der Waals surface area contributed by atoms with E-state index in [1.54, 1.807) is 12.1 Å². The third-order valence-corrected chi connectivity index (χ3v) is 4.04. The van der Waals surface area contributed by atoms with E-state index in [9.17, 15) is 4.79 Å². The summed E-state index contributed by atoms with van der Waals surface area (Å²) in [5.41, 5.74) is 0.783. The Morgan fingerprint density at radius 3 is 2.89 bits per heavy atom. The zero-order valence-corrected chi connectivity index (χ0v) is 11.4. The molecule has 1 heterocycles. The van der Waals surface area contributed by atoms with Gasteiger partial charge in [-0.05, 0) is 30.9 Å². The smallest absolute Gasteiger partial charge is 0.269 e. The SMILES string of the molecule is N#Cc1ccc(C(=O)NCC2CCCCC2Cl)nc1. The van der Waals surface area contributed by atoms with Crippen molar-refractivity contribution < 1.29 is 4.79 Å². The van der Waals surface area contributed by atoms with Crippen LogP contribution in [0.5, 0.6) is 0 Å². The largest absolute Gasteiger partial charge is 0.350 e. The molecule has 19 heavy (non-hydrogen) atoms. The molecule has 1 saturated carbocycles. The Bertz CT molecular complexity index is 480. The first-order chi connectivity index (χ1) is 9.20. The summed E-state index contributed by atoms with van der Waals surface area (Å²) < 4.78 is 0. The summed E-state index contributed by atoms with van der Waals surface area (Å²) in [6, 6.07) is 5.12. The number of alkyl halides is 1. The van der Waals surface area contributed by atoms with Crippen LogP contribution in [0.1, 0.15) is 41.7 Å². The van der Waals surface area contributed by atoms with Crippen molar-refractivity contribution in [1.82, 2.24) is 10.3 Å². The number of hydrogen-bond donors (Lipinski definition) is 1. The van der Waals surface area contributed by atoms with Crippen LogP contribution in [0.4, 0.5) is 0 Å². The average molecular weight is 278 g/mol.